The molecular formula is C18H11Cl2F3N4O2. The molecule has 29 heavy (non-hydrogen) atoms. The van der Waals surface area contributed by atoms with Crippen LogP contribution in [0.25, 0.3) is 11.3 Å². The molecule has 150 valence electrons. The highest BCUT2D eigenvalue weighted by Gasteiger charge is 2.39. The van der Waals surface area contributed by atoms with Crippen molar-refractivity contribution in [3.63, 3.8) is 0 Å². The Morgan fingerprint density at radius 3 is 2.55 bits per heavy atom. The second-order valence-electron chi connectivity index (χ2n) is 5.95. The molecule has 0 saturated carbocycles. The first kappa shape index (κ1) is 19.4. The maximum absolute atomic E-state index is 14.0. The number of nitrogens with two attached hydrogens (primary N) is 1. The van der Waals surface area contributed by atoms with Crippen LogP contribution in [-0.4, -0.2) is 16.8 Å². The van der Waals surface area contributed by atoms with Crippen LogP contribution in [0.5, 0.6) is 11.5 Å². The van der Waals surface area contributed by atoms with Gasteiger partial charge in [-0.3, -0.25) is 0 Å². The summed E-state index contributed by atoms with van der Waals surface area (Å²) in [5.74, 6) is -0.179. The van der Waals surface area contributed by atoms with Gasteiger partial charge in [-0.25, -0.2) is 4.98 Å². The average Bonchev–Trinajstić information content (AvgIpc) is 3.11. The number of nitrogens with one attached hydrogen (secondary N) is 1. The van der Waals surface area contributed by atoms with Gasteiger partial charge in [-0.05, 0) is 30.3 Å². The average molecular weight is 443 g/mol. The van der Waals surface area contributed by atoms with Crippen LogP contribution in [0.2, 0.25) is 10.0 Å². The number of halogens is 5. The lowest BCUT2D eigenvalue weighted by molar-refractivity contribution is -0.136. The number of aromatic nitrogens is 2. The van der Waals surface area contributed by atoms with Gasteiger partial charge in [0.2, 0.25) is 12.7 Å². The van der Waals surface area contributed by atoms with E-state index in [-0.39, 0.29) is 34.0 Å². The predicted molar refractivity (Wildman–Crippen MR) is 103 cm³/mol. The highest BCUT2D eigenvalue weighted by atomic mass is 35.5. The molecule has 0 bridgehead atoms. The Morgan fingerprint density at radius 2 is 1.79 bits per heavy atom. The van der Waals surface area contributed by atoms with E-state index in [1.807, 2.05) is 0 Å². The van der Waals surface area contributed by atoms with E-state index in [0.29, 0.717) is 11.5 Å². The topological polar surface area (TPSA) is 82.3 Å². The predicted octanol–water partition coefficient (Wildman–Crippen LogP) is 5.52. The van der Waals surface area contributed by atoms with E-state index in [1.54, 1.807) is 0 Å². The molecule has 1 aliphatic heterocycles. The number of benzene rings is 2. The van der Waals surface area contributed by atoms with Gasteiger partial charge in [-0.1, -0.05) is 29.3 Å². The highest BCUT2D eigenvalue weighted by Crippen LogP contribution is 2.44. The number of fused-ring (bicyclic) bond motifs is 1. The summed E-state index contributed by atoms with van der Waals surface area (Å²) < 4.78 is 52.5. The van der Waals surface area contributed by atoms with E-state index in [9.17, 15) is 13.2 Å². The molecule has 4 rings (SSSR count). The second-order valence-corrected chi connectivity index (χ2v) is 6.73. The van der Waals surface area contributed by atoms with Crippen molar-refractivity contribution in [2.45, 2.75) is 6.18 Å². The Bertz CT molecular complexity index is 1110. The van der Waals surface area contributed by atoms with E-state index in [0.717, 1.165) is 0 Å². The molecule has 0 spiro atoms. The van der Waals surface area contributed by atoms with Gasteiger partial charge in [-0.2, -0.15) is 18.2 Å². The lowest BCUT2D eigenvalue weighted by Crippen LogP contribution is -2.15. The summed E-state index contributed by atoms with van der Waals surface area (Å²) in [6.45, 7) is -0.0170. The highest BCUT2D eigenvalue weighted by molar-refractivity contribution is 6.43. The van der Waals surface area contributed by atoms with Crippen molar-refractivity contribution in [2.75, 3.05) is 17.8 Å². The normalized spacial score (nSPS) is 12.9. The fourth-order valence-electron chi connectivity index (χ4n) is 2.82. The molecule has 0 unspecified atom stereocenters. The van der Waals surface area contributed by atoms with E-state index in [2.05, 4.69) is 15.3 Å². The molecular weight excluding hydrogens is 432 g/mol. The second kappa shape index (κ2) is 7.16. The summed E-state index contributed by atoms with van der Waals surface area (Å²) in [6.07, 6.45) is -4.80. The van der Waals surface area contributed by atoms with Crippen LogP contribution in [0.3, 0.4) is 0 Å². The van der Waals surface area contributed by atoms with Crippen molar-refractivity contribution in [2.24, 2.45) is 0 Å². The van der Waals surface area contributed by atoms with Gasteiger partial charge in [0.25, 0.3) is 0 Å². The third-order valence-corrected chi connectivity index (χ3v) is 4.88. The summed E-state index contributed by atoms with van der Waals surface area (Å²) in [5.41, 5.74) is 4.45. The molecule has 11 heteroatoms. The Hall–Kier alpha value is -2.91. The summed E-state index contributed by atoms with van der Waals surface area (Å²) in [7, 11) is 0. The molecule has 0 fully saturated rings. The molecule has 6 nitrogen and oxygen atoms in total. The Kier molecular flexibility index (Phi) is 4.79. The fourth-order valence-corrected chi connectivity index (χ4v) is 3.17. The number of hydrogen-bond acceptors (Lipinski definition) is 6. The largest absolute Gasteiger partial charge is 0.454 e. The van der Waals surface area contributed by atoms with Gasteiger partial charge in [0, 0.05) is 5.56 Å². The van der Waals surface area contributed by atoms with Crippen molar-refractivity contribution in [1.82, 2.24) is 9.97 Å². The molecule has 1 aliphatic rings. The van der Waals surface area contributed by atoms with Crippen LogP contribution < -0.4 is 20.5 Å². The molecule has 2 heterocycles. The molecule has 1 aromatic heterocycles. The number of nitrogens with zero attached hydrogens (tertiary/aromatic N) is 2. The Balaban J connectivity index is 1.89. The summed E-state index contributed by atoms with van der Waals surface area (Å²) >= 11 is 12.0. The number of anilines is 3. The van der Waals surface area contributed by atoms with Crippen molar-refractivity contribution in [1.29, 1.82) is 0 Å². The zero-order valence-corrected chi connectivity index (χ0v) is 15.9. The van der Waals surface area contributed by atoms with Crippen molar-refractivity contribution in [3.8, 4) is 22.8 Å². The third kappa shape index (κ3) is 3.70. The molecule has 0 radical (unpaired) electrons. The van der Waals surface area contributed by atoms with Gasteiger partial charge in [-0.15, -0.1) is 0 Å². The molecule has 3 aromatic rings. The minimum Gasteiger partial charge on any atom is -0.454 e. The van der Waals surface area contributed by atoms with Crippen LogP contribution >= 0.6 is 23.2 Å². The zero-order chi connectivity index (χ0) is 20.8. The lowest BCUT2D eigenvalue weighted by atomic mass is 10.0. The van der Waals surface area contributed by atoms with E-state index >= 15 is 0 Å². The number of nitrogen functional groups attached to an aromatic ring is 1. The van der Waals surface area contributed by atoms with Crippen LogP contribution in [0.1, 0.15) is 5.56 Å². The first-order valence-corrected chi connectivity index (χ1v) is 8.85. The third-order valence-electron chi connectivity index (χ3n) is 4.06. The van der Waals surface area contributed by atoms with Crippen molar-refractivity contribution >= 4 is 40.7 Å². The van der Waals surface area contributed by atoms with Gasteiger partial charge < -0.3 is 20.5 Å². The number of rotatable bonds is 3. The number of hydrogen-bond donors (Lipinski definition) is 2. The summed E-state index contributed by atoms with van der Waals surface area (Å²) in [6, 6.07) is 8.83. The first-order chi connectivity index (χ1) is 13.7. The van der Waals surface area contributed by atoms with Gasteiger partial charge >= 0.3 is 6.18 Å². The Labute approximate surface area is 172 Å². The number of alkyl halides is 3. The molecule has 0 amide bonds. The van der Waals surface area contributed by atoms with E-state index in [1.165, 1.54) is 36.4 Å². The fraction of sp³-hybridized carbons (Fsp3) is 0.111. The van der Waals surface area contributed by atoms with Gasteiger partial charge in [0.05, 0.1) is 21.4 Å². The van der Waals surface area contributed by atoms with Crippen molar-refractivity contribution in [3.05, 3.63) is 52.0 Å². The minimum absolute atomic E-state index is 0.0170. The standard InChI is InChI=1S/C18H11Cl2F3N4O2/c19-9-2-1-3-10(14(9)20)25-16-13(18(21,22)23)15(26-17(24)27-16)8-4-5-11-12(6-8)29-7-28-11/h1-6H,7H2,(H3,24,25,26,27). The molecule has 0 saturated heterocycles. The monoisotopic (exact) mass is 442 g/mol. The first-order valence-electron chi connectivity index (χ1n) is 8.10. The Morgan fingerprint density at radius 1 is 1.03 bits per heavy atom. The van der Waals surface area contributed by atoms with Crippen molar-refractivity contribution < 1.29 is 22.6 Å². The van der Waals surface area contributed by atoms with Crippen LogP contribution in [0.15, 0.2) is 36.4 Å². The summed E-state index contributed by atoms with van der Waals surface area (Å²) in [4.78, 5) is 7.57. The van der Waals surface area contributed by atoms with Gasteiger partial charge in [0.1, 0.15) is 11.4 Å². The molecule has 3 N–H and O–H groups in total. The smallest absolute Gasteiger partial charge is 0.422 e. The van der Waals surface area contributed by atoms with Crippen LogP contribution in [0.4, 0.5) is 30.6 Å². The van der Waals surface area contributed by atoms with E-state index < -0.39 is 23.3 Å². The van der Waals surface area contributed by atoms with Crippen LogP contribution in [-0.2, 0) is 6.18 Å². The lowest BCUT2D eigenvalue weighted by Gasteiger charge is -2.18. The van der Waals surface area contributed by atoms with E-state index in [4.69, 9.17) is 38.4 Å². The SMILES string of the molecule is Nc1nc(Nc2cccc(Cl)c2Cl)c(C(F)(F)F)c(-c2ccc3c(c2)OCO3)n1. The summed E-state index contributed by atoms with van der Waals surface area (Å²) in [5, 5.41) is 2.78. The van der Waals surface area contributed by atoms with Crippen LogP contribution in [0, 0.1) is 0 Å². The molecule has 2 aromatic carbocycles. The zero-order valence-electron chi connectivity index (χ0n) is 14.3. The maximum Gasteiger partial charge on any atom is 0.422 e. The number of ether oxygens (including phenoxy) is 2. The van der Waals surface area contributed by atoms with Gasteiger partial charge in [0.15, 0.2) is 11.5 Å². The minimum atomic E-state index is -4.80. The molecule has 0 aliphatic carbocycles. The maximum atomic E-state index is 14.0. The molecule has 0 atom stereocenters. The quantitative estimate of drug-likeness (QED) is 0.555.